The SMILES string of the molecule is COCC(=O)Nc1nc(C(=O)Nc2ccc(C(=O)O)cc2)cs1. The molecule has 2 rings (SSSR count). The number of methoxy groups -OCH3 is 1. The number of thiazole rings is 1. The number of carboxylic acids is 1. The van der Waals surface area contributed by atoms with Gasteiger partial charge in [-0.15, -0.1) is 11.3 Å². The van der Waals surface area contributed by atoms with Crippen molar-refractivity contribution in [1.82, 2.24) is 4.98 Å². The predicted octanol–water partition coefficient (Wildman–Crippen LogP) is 1.68. The lowest BCUT2D eigenvalue weighted by molar-refractivity contribution is -0.119. The van der Waals surface area contributed by atoms with E-state index >= 15 is 0 Å². The molecular formula is C14H13N3O5S. The van der Waals surface area contributed by atoms with Gasteiger partial charge in [0, 0.05) is 18.2 Å². The van der Waals surface area contributed by atoms with E-state index in [1.165, 1.54) is 36.8 Å². The third-order valence-electron chi connectivity index (χ3n) is 2.65. The van der Waals surface area contributed by atoms with Crippen molar-refractivity contribution in [3.05, 3.63) is 40.9 Å². The number of carboxylic acid groups (broad SMARTS) is 1. The molecule has 0 fully saturated rings. The third-order valence-corrected chi connectivity index (χ3v) is 3.41. The van der Waals surface area contributed by atoms with Gasteiger partial charge in [0.2, 0.25) is 0 Å². The number of amides is 2. The molecule has 0 aliphatic heterocycles. The van der Waals surface area contributed by atoms with Crippen LogP contribution in [0.15, 0.2) is 29.6 Å². The Hall–Kier alpha value is -2.78. The summed E-state index contributed by atoms with van der Waals surface area (Å²) in [5.74, 6) is -1.87. The summed E-state index contributed by atoms with van der Waals surface area (Å²) in [4.78, 5) is 38.1. The van der Waals surface area contributed by atoms with Crippen molar-refractivity contribution in [2.75, 3.05) is 24.4 Å². The van der Waals surface area contributed by atoms with Gasteiger partial charge in [-0.25, -0.2) is 9.78 Å². The molecule has 120 valence electrons. The Labute approximate surface area is 135 Å². The van der Waals surface area contributed by atoms with Crippen LogP contribution in [0.5, 0.6) is 0 Å². The fraction of sp³-hybridized carbons (Fsp3) is 0.143. The van der Waals surface area contributed by atoms with Crippen LogP contribution in [-0.2, 0) is 9.53 Å². The number of aromatic carboxylic acids is 1. The van der Waals surface area contributed by atoms with Crippen molar-refractivity contribution in [3.63, 3.8) is 0 Å². The maximum atomic E-state index is 12.0. The van der Waals surface area contributed by atoms with Gasteiger partial charge in [0.05, 0.1) is 5.56 Å². The summed E-state index contributed by atoms with van der Waals surface area (Å²) >= 11 is 1.11. The van der Waals surface area contributed by atoms with Gasteiger partial charge >= 0.3 is 5.97 Å². The first-order valence-corrected chi connectivity index (χ1v) is 7.26. The van der Waals surface area contributed by atoms with Gasteiger partial charge in [0.25, 0.3) is 11.8 Å². The predicted molar refractivity (Wildman–Crippen MR) is 84.0 cm³/mol. The molecule has 0 bridgehead atoms. The molecule has 0 radical (unpaired) electrons. The van der Waals surface area contributed by atoms with Crippen molar-refractivity contribution in [3.8, 4) is 0 Å². The van der Waals surface area contributed by atoms with Crippen LogP contribution in [-0.4, -0.2) is 41.6 Å². The number of rotatable bonds is 6. The number of benzene rings is 1. The summed E-state index contributed by atoms with van der Waals surface area (Å²) in [6.07, 6.45) is 0. The zero-order chi connectivity index (χ0) is 16.8. The molecule has 23 heavy (non-hydrogen) atoms. The standard InChI is InChI=1S/C14H13N3O5S/c1-22-6-11(18)17-14-16-10(7-23-14)12(19)15-9-4-2-8(3-5-9)13(20)21/h2-5,7H,6H2,1H3,(H,15,19)(H,20,21)(H,16,17,18). The zero-order valence-electron chi connectivity index (χ0n) is 12.0. The number of nitrogens with one attached hydrogen (secondary N) is 2. The first-order valence-electron chi connectivity index (χ1n) is 6.38. The van der Waals surface area contributed by atoms with Gasteiger partial charge in [0.1, 0.15) is 12.3 Å². The smallest absolute Gasteiger partial charge is 0.335 e. The summed E-state index contributed by atoms with van der Waals surface area (Å²) in [5.41, 5.74) is 0.711. The zero-order valence-corrected chi connectivity index (χ0v) is 12.8. The minimum absolute atomic E-state index is 0.100. The van der Waals surface area contributed by atoms with E-state index in [0.717, 1.165) is 11.3 Å². The molecule has 1 aromatic carbocycles. The molecule has 8 nitrogen and oxygen atoms in total. The van der Waals surface area contributed by atoms with Crippen molar-refractivity contribution in [2.24, 2.45) is 0 Å². The van der Waals surface area contributed by atoms with E-state index in [1.54, 1.807) is 0 Å². The van der Waals surface area contributed by atoms with Crippen LogP contribution in [0.4, 0.5) is 10.8 Å². The monoisotopic (exact) mass is 335 g/mol. The van der Waals surface area contributed by atoms with Crippen LogP contribution in [0, 0.1) is 0 Å². The third kappa shape index (κ3) is 4.59. The van der Waals surface area contributed by atoms with E-state index in [1.807, 2.05) is 0 Å². The molecule has 2 aromatic rings. The number of aromatic nitrogens is 1. The molecule has 0 saturated heterocycles. The minimum atomic E-state index is -1.04. The van der Waals surface area contributed by atoms with Gasteiger partial charge < -0.3 is 15.2 Å². The lowest BCUT2D eigenvalue weighted by Crippen LogP contribution is -2.17. The van der Waals surface area contributed by atoms with Gasteiger partial charge in [0.15, 0.2) is 5.13 Å². The Kier molecular flexibility index (Phi) is 5.39. The first-order chi connectivity index (χ1) is 11.0. The lowest BCUT2D eigenvalue weighted by atomic mass is 10.2. The van der Waals surface area contributed by atoms with Gasteiger partial charge in [-0.2, -0.15) is 0 Å². The maximum absolute atomic E-state index is 12.0. The van der Waals surface area contributed by atoms with Crippen molar-refractivity contribution < 1.29 is 24.2 Å². The second-order valence-electron chi connectivity index (χ2n) is 4.36. The van der Waals surface area contributed by atoms with Crippen LogP contribution in [0.2, 0.25) is 0 Å². The molecule has 2 amide bonds. The molecule has 0 aliphatic rings. The van der Waals surface area contributed by atoms with Crippen LogP contribution in [0.25, 0.3) is 0 Å². The summed E-state index contributed by atoms with van der Waals surface area (Å²) < 4.78 is 4.68. The van der Waals surface area contributed by atoms with Gasteiger partial charge in [-0.05, 0) is 24.3 Å². The van der Waals surface area contributed by atoms with E-state index in [4.69, 9.17) is 5.11 Å². The molecule has 0 unspecified atom stereocenters. The summed E-state index contributed by atoms with van der Waals surface area (Å²) in [6, 6.07) is 5.73. The highest BCUT2D eigenvalue weighted by Crippen LogP contribution is 2.17. The van der Waals surface area contributed by atoms with E-state index in [-0.39, 0.29) is 23.8 Å². The Balaban J connectivity index is 1.99. The van der Waals surface area contributed by atoms with Crippen LogP contribution in [0.1, 0.15) is 20.8 Å². The highest BCUT2D eigenvalue weighted by Gasteiger charge is 2.13. The van der Waals surface area contributed by atoms with Crippen LogP contribution in [0.3, 0.4) is 0 Å². The Bertz CT molecular complexity index is 726. The van der Waals surface area contributed by atoms with Crippen LogP contribution < -0.4 is 10.6 Å². The van der Waals surface area contributed by atoms with Gasteiger partial charge in [-0.1, -0.05) is 0 Å². The van der Waals surface area contributed by atoms with Crippen LogP contribution >= 0.6 is 11.3 Å². The average Bonchev–Trinajstić information content (AvgIpc) is 2.96. The van der Waals surface area contributed by atoms with Crippen molar-refractivity contribution >= 4 is 39.9 Å². The molecule has 1 aromatic heterocycles. The van der Waals surface area contributed by atoms with Crippen molar-refractivity contribution in [1.29, 1.82) is 0 Å². The number of carbonyl (C=O) groups excluding carboxylic acids is 2. The maximum Gasteiger partial charge on any atom is 0.335 e. The Morgan fingerprint density at radius 3 is 2.52 bits per heavy atom. The summed E-state index contributed by atoms with van der Waals surface area (Å²) in [5, 5.41) is 15.7. The van der Waals surface area contributed by atoms with E-state index in [2.05, 4.69) is 20.4 Å². The minimum Gasteiger partial charge on any atom is -0.478 e. The lowest BCUT2D eigenvalue weighted by Gasteiger charge is -2.03. The molecule has 3 N–H and O–H groups in total. The first kappa shape index (κ1) is 16.6. The fourth-order valence-corrected chi connectivity index (χ4v) is 2.32. The number of anilines is 2. The number of hydrogen-bond donors (Lipinski definition) is 3. The Morgan fingerprint density at radius 2 is 1.91 bits per heavy atom. The van der Waals surface area contributed by atoms with E-state index in [9.17, 15) is 14.4 Å². The number of nitrogens with zero attached hydrogens (tertiary/aromatic N) is 1. The van der Waals surface area contributed by atoms with E-state index in [0.29, 0.717) is 10.8 Å². The molecule has 0 atom stereocenters. The topological polar surface area (TPSA) is 118 Å². The number of ether oxygens (including phenoxy) is 1. The second kappa shape index (κ2) is 7.47. The molecule has 0 spiro atoms. The largest absolute Gasteiger partial charge is 0.478 e. The molecule has 0 saturated carbocycles. The fourth-order valence-electron chi connectivity index (χ4n) is 1.61. The molecule has 9 heteroatoms. The highest BCUT2D eigenvalue weighted by molar-refractivity contribution is 7.14. The van der Waals surface area contributed by atoms with E-state index < -0.39 is 11.9 Å². The number of carbonyl (C=O) groups is 3. The van der Waals surface area contributed by atoms with Crippen molar-refractivity contribution in [2.45, 2.75) is 0 Å². The quantitative estimate of drug-likeness (QED) is 0.739. The molecule has 1 heterocycles. The normalized spacial score (nSPS) is 10.1. The van der Waals surface area contributed by atoms with Gasteiger partial charge in [-0.3, -0.25) is 14.9 Å². The summed E-state index contributed by atoms with van der Waals surface area (Å²) in [7, 11) is 1.40. The number of hydrogen-bond acceptors (Lipinski definition) is 6. The summed E-state index contributed by atoms with van der Waals surface area (Å²) in [6.45, 7) is -0.100. The average molecular weight is 335 g/mol. The highest BCUT2D eigenvalue weighted by atomic mass is 32.1. The molecular weight excluding hydrogens is 322 g/mol. The Morgan fingerprint density at radius 1 is 1.22 bits per heavy atom. The molecule has 0 aliphatic carbocycles. The second-order valence-corrected chi connectivity index (χ2v) is 5.21.